The number of anilines is 1. The van der Waals surface area contributed by atoms with Gasteiger partial charge in [-0.25, -0.2) is 4.79 Å². The number of urea groups is 1. The molecule has 0 spiro atoms. The Hall–Kier alpha value is -3.92. The van der Waals surface area contributed by atoms with E-state index in [1.807, 2.05) is 32.0 Å². The van der Waals surface area contributed by atoms with Crippen molar-refractivity contribution < 1.29 is 4.79 Å². The maximum atomic E-state index is 12.4. The number of fused-ring (bicyclic) bond motifs is 1. The van der Waals surface area contributed by atoms with E-state index in [4.69, 9.17) is 0 Å². The van der Waals surface area contributed by atoms with E-state index in [0.29, 0.717) is 5.69 Å². The lowest BCUT2D eigenvalue weighted by Gasteiger charge is -2.24. The first-order chi connectivity index (χ1) is 15.9. The van der Waals surface area contributed by atoms with Gasteiger partial charge in [0.05, 0.1) is 16.9 Å². The Labute approximate surface area is 193 Å². The number of aromatic amines is 1. The summed E-state index contributed by atoms with van der Waals surface area (Å²) in [6.45, 7) is 9.95. The summed E-state index contributed by atoms with van der Waals surface area (Å²) >= 11 is 0. The number of nitriles is 1. The number of amides is 2. The zero-order valence-electron chi connectivity index (χ0n) is 19.3. The first kappa shape index (κ1) is 22.3. The van der Waals surface area contributed by atoms with Crippen LogP contribution in [0.1, 0.15) is 54.1 Å². The van der Waals surface area contributed by atoms with Crippen molar-refractivity contribution in [2.45, 2.75) is 52.9 Å². The average Bonchev–Trinajstić information content (AvgIpc) is 3.19. The van der Waals surface area contributed by atoms with Gasteiger partial charge in [0.1, 0.15) is 6.07 Å². The third kappa shape index (κ3) is 4.51. The van der Waals surface area contributed by atoms with E-state index in [9.17, 15) is 10.1 Å². The van der Waals surface area contributed by atoms with Gasteiger partial charge in [-0.1, -0.05) is 32.4 Å². The number of allylic oxidation sites excluding steroid dienone is 1. The van der Waals surface area contributed by atoms with Gasteiger partial charge >= 0.3 is 6.03 Å². The second kappa shape index (κ2) is 9.29. The Balaban J connectivity index is 1.62. The fourth-order valence-electron chi connectivity index (χ4n) is 4.25. The van der Waals surface area contributed by atoms with E-state index in [0.717, 1.165) is 35.9 Å². The molecule has 0 saturated heterocycles. The normalized spacial score (nSPS) is 13.8. The number of nitrogens with one attached hydrogen (secondary N) is 2. The monoisotopic (exact) mass is 440 g/mol. The van der Waals surface area contributed by atoms with Gasteiger partial charge in [-0.3, -0.25) is 5.10 Å². The predicted octanol–water partition coefficient (Wildman–Crippen LogP) is 5.43. The molecule has 2 heterocycles. The number of unbranched alkanes of at least 4 members (excludes halogenated alkanes) is 2. The molecule has 33 heavy (non-hydrogen) atoms. The molecular formula is C26H28N6O. The summed E-state index contributed by atoms with van der Waals surface area (Å²) < 4.78 is 0. The Morgan fingerprint density at radius 3 is 2.61 bits per heavy atom. The average molecular weight is 441 g/mol. The van der Waals surface area contributed by atoms with Crippen LogP contribution >= 0.6 is 0 Å². The number of hydrazone groups is 1. The van der Waals surface area contributed by atoms with Crippen LogP contribution in [0.3, 0.4) is 0 Å². The number of carbonyl (C=O) groups excluding carboxylic acids is 1. The molecule has 0 unspecified atom stereocenters. The Kier molecular flexibility index (Phi) is 6.27. The van der Waals surface area contributed by atoms with Crippen LogP contribution in [0.2, 0.25) is 0 Å². The predicted molar refractivity (Wildman–Crippen MR) is 131 cm³/mol. The zero-order valence-corrected chi connectivity index (χ0v) is 19.3. The van der Waals surface area contributed by atoms with Crippen molar-refractivity contribution in [1.29, 1.82) is 5.26 Å². The minimum Gasteiger partial charge on any atom is -0.304 e. The quantitative estimate of drug-likeness (QED) is 0.480. The van der Waals surface area contributed by atoms with Crippen molar-refractivity contribution >= 4 is 28.3 Å². The molecule has 2 amide bonds. The van der Waals surface area contributed by atoms with Crippen LogP contribution in [0.25, 0.3) is 10.9 Å². The molecule has 168 valence electrons. The summed E-state index contributed by atoms with van der Waals surface area (Å²) in [5.41, 5.74) is 7.68. The second-order valence-electron chi connectivity index (χ2n) is 8.53. The molecule has 0 radical (unpaired) electrons. The molecule has 1 aliphatic heterocycles. The molecule has 0 aliphatic carbocycles. The number of H-pyrrole nitrogens is 1. The first-order valence-electron chi connectivity index (χ1n) is 11.3. The smallest absolute Gasteiger partial charge is 0.304 e. The lowest BCUT2D eigenvalue weighted by Crippen LogP contribution is -2.43. The van der Waals surface area contributed by atoms with Gasteiger partial charge in [0.15, 0.2) is 5.71 Å². The number of hydrogen-bond acceptors (Lipinski definition) is 4. The SMILES string of the molecule is C=C1NC(=O)N(c2cc(C)c(Cc3ccc4n[nH]c(CCCCC)c4c3)c(C)c2)N=C1C#N. The molecule has 0 bridgehead atoms. The molecule has 1 aromatic heterocycles. The van der Waals surface area contributed by atoms with Crippen LogP contribution < -0.4 is 10.3 Å². The second-order valence-corrected chi connectivity index (χ2v) is 8.53. The maximum absolute atomic E-state index is 12.4. The van der Waals surface area contributed by atoms with E-state index in [1.54, 1.807) is 0 Å². The number of hydrogen-bond donors (Lipinski definition) is 2. The van der Waals surface area contributed by atoms with Crippen molar-refractivity contribution in [3.05, 3.63) is 70.6 Å². The van der Waals surface area contributed by atoms with E-state index >= 15 is 0 Å². The van der Waals surface area contributed by atoms with Crippen LogP contribution in [-0.2, 0) is 12.8 Å². The van der Waals surface area contributed by atoms with Gasteiger partial charge in [0.25, 0.3) is 0 Å². The van der Waals surface area contributed by atoms with Gasteiger partial charge in [-0.15, -0.1) is 0 Å². The van der Waals surface area contributed by atoms with E-state index in [-0.39, 0.29) is 11.4 Å². The summed E-state index contributed by atoms with van der Waals surface area (Å²) in [5.74, 6) is 0. The highest BCUT2D eigenvalue weighted by Crippen LogP contribution is 2.28. The summed E-state index contributed by atoms with van der Waals surface area (Å²) in [6, 6.07) is 11.8. The van der Waals surface area contributed by atoms with Crippen LogP contribution in [0.15, 0.2) is 47.7 Å². The summed E-state index contributed by atoms with van der Waals surface area (Å²) in [4.78, 5) is 12.4. The Bertz CT molecular complexity index is 1290. The van der Waals surface area contributed by atoms with Gasteiger partial charge in [0.2, 0.25) is 0 Å². The molecule has 0 saturated carbocycles. The largest absolute Gasteiger partial charge is 0.347 e. The molecule has 7 nitrogen and oxygen atoms in total. The van der Waals surface area contributed by atoms with Gasteiger partial charge in [-0.2, -0.15) is 20.5 Å². The molecule has 7 heteroatoms. The van der Waals surface area contributed by atoms with E-state index in [1.165, 1.54) is 40.1 Å². The number of aryl methyl sites for hydroxylation is 3. The van der Waals surface area contributed by atoms with Crippen molar-refractivity contribution in [1.82, 2.24) is 15.5 Å². The topological polar surface area (TPSA) is 97.2 Å². The van der Waals surface area contributed by atoms with Crippen molar-refractivity contribution in [2.24, 2.45) is 5.10 Å². The highest BCUT2D eigenvalue weighted by atomic mass is 16.2. The number of rotatable bonds is 7. The van der Waals surface area contributed by atoms with Gasteiger partial charge in [-0.05, 0) is 79.6 Å². The minimum absolute atomic E-state index is 0.0946. The minimum atomic E-state index is -0.424. The van der Waals surface area contributed by atoms with Crippen molar-refractivity contribution in [2.75, 3.05) is 5.01 Å². The summed E-state index contributed by atoms with van der Waals surface area (Å²) in [5, 5.41) is 26.1. The number of carbonyl (C=O) groups is 1. The van der Waals surface area contributed by atoms with Crippen molar-refractivity contribution in [3.63, 3.8) is 0 Å². The zero-order chi connectivity index (χ0) is 23.5. The van der Waals surface area contributed by atoms with E-state index in [2.05, 4.69) is 52.3 Å². The molecule has 0 fully saturated rings. The molecule has 2 aromatic carbocycles. The molecule has 3 aromatic rings. The highest BCUT2D eigenvalue weighted by molar-refractivity contribution is 6.17. The summed E-state index contributed by atoms with van der Waals surface area (Å²) in [6.07, 6.45) is 5.36. The Morgan fingerprint density at radius 1 is 1.15 bits per heavy atom. The molecule has 1 aliphatic rings. The van der Waals surface area contributed by atoms with Crippen LogP contribution in [-0.4, -0.2) is 21.9 Å². The van der Waals surface area contributed by atoms with Crippen molar-refractivity contribution in [3.8, 4) is 6.07 Å². The standard InChI is InChI=1S/C26H28N6O/c1-5-6-7-8-23-22-14-19(9-10-24(22)30-29-23)13-21-16(2)11-20(12-17(21)3)32-26(33)28-18(4)25(15-27)31-32/h9-12,14H,4-8,13H2,1-3H3,(H,28,33)(H,29,30). The number of benzene rings is 2. The van der Waals surface area contributed by atoms with Gasteiger partial charge in [0, 0.05) is 11.1 Å². The van der Waals surface area contributed by atoms with E-state index < -0.39 is 6.03 Å². The fraction of sp³-hybridized carbons (Fsp3) is 0.308. The maximum Gasteiger partial charge on any atom is 0.347 e. The van der Waals surface area contributed by atoms with Gasteiger partial charge < -0.3 is 5.32 Å². The third-order valence-electron chi connectivity index (χ3n) is 6.08. The van der Waals surface area contributed by atoms with Crippen LogP contribution in [0.5, 0.6) is 0 Å². The van der Waals surface area contributed by atoms with Crippen LogP contribution in [0.4, 0.5) is 10.5 Å². The Morgan fingerprint density at radius 2 is 1.91 bits per heavy atom. The summed E-state index contributed by atoms with van der Waals surface area (Å²) in [7, 11) is 0. The lowest BCUT2D eigenvalue weighted by molar-refractivity contribution is 0.248. The molecule has 4 rings (SSSR count). The van der Waals surface area contributed by atoms with Crippen LogP contribution in [0, 0.1) is 25.2 Å². The molecule has 2 N–H and O–H groups in total. The number of aromatic nitrogens is 2. The first-order valence-corrected chi connectivity index (χ1v) is 11.3. The lowest BCUT2D eigenvalue weighted by atomic mass is 9.94. The third-order valence-corrected chi connectivity index (χ3v) is 6.08. The number of nitrogens with zero attached hydrogens (tertiary/aromatic N) is 4. The fourth-order valence-corrected chi connectivity index (χ4v) is 4.25. The molecule has 0 atom stereocenters. The highest BCUT2D eigenvalue weighted by Gasteiger charge is 2.25. The molecular weight excluding hydrogens is 412 g/mol.